The first-order valence-electron chi connectivity index (χ1n) is 10.3. The number of dihydropyridines is 1. The Labute approximate surface area is 191 Å². The van der Waals surface area contributed by atoms with Gasteiger partial charge in [0, 0.05) is 29.3 Å². The second-order valence-corrected chi connectivity index (χ2v) is 8.38. The number of methoxy groups -OCH3 is 2. The van der Waals surface area contributed by atoms with Crippen molar-refractivity contribution >= 4 is 23.4 Å². The third kappa shape index (κ3) is 3.75. The van der Waals surface area contributed by atoms with Crippen molar-refractivity contribution < 1.29 is 24.2 Å². The molecule has 2 aliphatic rings. The van der Waals surface area contributed by atoms with Gasteiger partial charge in [-0.1, -0.05) is 41.9 Å². The Morgan fingerprint density at radius 3 is 2.50 bits per heavy atom. The van der Waals surface area contributed by atoms with Crippen LogP contribution in [0.25, 0.3) is 0 Å². The quantitative estimate of drug-likeness (QED) is 0.659. The summed E-state index contributed by atoms with van der Waals surface area (Å²) in [5, 5.41) is 13.6. The number of aromatic hydroxyl groups is 1. The number of carbonyl (C=O) groups excluding carboxylic acids is 2. The maximum atomic E-state index is 13.5. The van der Waals surface area contributed by atoms with Crippen molar-refractivity contribution in [1.29, 1.82) is 0 Å². The molecular formula is C25H24ClNO5. The number of esters is 1. The number of ether oxygens (including phenoxy) is 2. The molecule has 0 bridgehead atoms. The number of halogens is 1. The number of carbonyl (C=O) groups is 2. The van der Waals surface area contributed by atoms with E-state index in [0.29, 0.717) is 35.2 Å². The molecule has 0 radical (unpaired) electrons. The van der Waals surface area contributed by atoms with Crippen LogP contribution in [-0.4, -0.2) is 31.1 Å². The zero-order chi connectivity index (χ0) is 23.0. The Morgan fingerprint density at radius 2 is 1.84 bits per heavy atom. The molecule has 2 aromatic rings. The monoisotopic (exact) mass is 453 g/mol. The molecule has 0 amide bonds. The van der Waals surface area contributed by atoms with Crippen molar-refractivity contribution in [2.24, 2.45) is 0 Å². The van der Waals surface area contributed by atoms with Crippen LogP contribution in [0.3, 0.4) is 0 Å². The summed E-state index contributed by atoms with van der Waals surface area (Å²) in [4.78, 5) is 26.2. The van der Waals surface area contributed by atoms with Crippen LogP contribution in [0.4, 0.5) is 0 Å². The fourth-order valence-electron chi connectivity index (χ4n) is 4.63. The first-order valence-corrected chi connectivity index (χ1v) is 10.7. The largest absolute Gasteiger partial charge is 0.503 e. The molecule has 7 heteroatoms. The molecule has 0 aromatic heterocycles. The average molecular weight is 454 g/mol. The number of phenols is 1. The molecule has 1 aliphatic heterocycles. The molecule has 166 valence electrons. The van der Waals surface area contributed by atoms with Crippen molar-refractivity contribution in [3.8, 4) is 11.5 Å². The second-order valence-electron chi connectivity index (χ2n) is 7.97. The highest BCUT2D eigenvalue weighted by Gasteiger charge is 2.41. The van der Waals surface area contributed by atoms with Gasteiger partial charge >= 0.3 is 5.97 Å². The van der Waals surface area contributed by atoms with Crippen LogP contribution in [0, 0.1) is 0 Å². The SMILES string of the molecule is COC(=O)C1=C(C)NC2=C(C(=O)C[C@H](c3ccccc3)C2)[C@@H]1c1cc(Cl)c(O)c(OC)c1. The summed E-state index contributed by atoms with van der Waals surface area (Å²) in [6, 6.07) is 13.1. The molecule has 2 atom stereocenters. The number of benzene rings is 2. The average Bonchev–Trinajstić information content (AvgIpc) is 2.79. The van der Waals surface area contributed by atoms with Gasteiger partial charge in [0.1, 0.15) is 0 Å². The normalized spacial score (nSPS) is 20.6. The third-order valence-corrected chi connectivity index (χ3v) is 6.40. The Morgan fingerprint density at radius 1 is 1.12 bits per heavy atom. The number of hydrogen-bond acceptors (Lipinski definition) is 6. The summed E-state index contributed by atoms with van der Waals surface area (Å²) in [6.45, 7) is 1.79. The molecule has 32 heavy (non-hydrogen) atoms. The van der Waals surface area contributed by atoms with E-state index in [-0.39, 0.29) is 28.2 Å². The second kappa shape index (κ2) is 8.71. The van der Waals surface area contributed by atoms with Crippen LogP contribution >= 0.6 is 11.6 Å². The molecule has 1 aliphatic carbocycles. The summed E-state index contributed by atoms with van der Waals surface area (Å²) in [6.07, 6.45) is 0.966. The highest BCUT2D eigenvalue weighted by atomic mass is 35.5. The lowest BCUT2D eigenvalue weighted by Crippen LogP contribution is -2.36. The minimum atomic E-state index is -0.685. The number of phenolic OH excluding ortho intramolecular Hbond substituents is 1. The van der Waals surface area contributed by atoms with E-state index in [9.17, 15) is 14.7 Å². The lowest BCUT2D eigenvalue weighted by atomic mass is 9.71. The molecule has 4 rings (SSSR count). The number of hydrogen-bond donors (Lipinski definition) is 2. The summed E-state index contributed by atoms with van der Waals surface area (Å²) < 4.78 is 10.3. The van der Waals surface area contributed by atoms with Gasteiger partial charge in [-0.3, -0.25) is 4.79 Å². The highest BCUT2D eigenvalue weighted by Crippen LogP contribution is 2.48. The van der Waals surface area contributed by atoms with Gasteiger partial charge in [0.15, 0.2) is 17.3 Å². The minimum Gasteiger partial charge on any atom is -0.503 e. The standard InChI is InChI=1S/C25H24ClNO5/c1-13-21(25(30)32-3)22(16-9-17(26)24(29)20(12-16)31-2)23-18(27-13)10-15(11-19(23)28)14-7-5-4-6-8-14/h4-9,12,15,22,27,29H,10-11H2,1-3H3/t15-,22-/m1/s1. The smallest absolute Gasteiger partial charge is 0.336 e. The number of ketones is 1. The zero-order valence-electron chi connectivity index (χ0n) is 18.1. The minimum absolute atomic E-state index is 0.0426. The van der Waals surface area contributed by atoms with Gasteiger partial charge in [-0.15, -0.1) is 0 Å². The summed E-state index contributed by atoms with van der Waals surface area (Å²) in [5.41, 5.74) is 3.93. The van der Waals surface area contributed by atoms with E-state index in [1.165, 1.54) is 14.2 Å². The van der Waals surface area contributed by atoms with Gasteiger partial charge in [0.25, 0.3) is 0 Å². The van der Waals surface area contributed by atoms with Gasteiger partial charge in [0.2, 0.25) is 0 Å². The van der Waals surface area contributed by atoms with Crippen LogP contribution in [-0.2, 0) is 14.3 Å². The van der Waals surface area contributed by atoms with Crippen LogP contribution in [0.1, 0.15) is 42.7 Å². The van der Waals surface area contributed by atoms with Crippen molar-refractivity contribution in [2.75, 3.05) is 14.2 Å². The topological polar surface area (TPSA) is 84.9 Å². The number of Topliss-reactive ketones (excluding diaryl/α,β-unsaturated/α-hetero) is 1. The molecule has 0 saturated heterocycles. The first kappa shape index (κ1) is 22.0. The Kier molecular flexibility index (Phi) is 5.98. The van der Waals surface area contributed by atoms with E-state index >= 15 is 0 Å². The fourth-order valence-corrected chi connectivity index (χ4v) is 4.85. The Bertz CT molecular complexity index is 1150. The van der Waals surface area contributed by atoms with Crippen LogP contribution in [0.2, 0.25) is 5.02 Å². The molecule has 6 nitrogen and oxygen atoms in total. The predicted octanol–water partition coefficient (Wildman–Crippen LogP) is 4.59. The Hall–Kier alpha value is -3.25. The van der Waals surface area contributed by atoms with Gasteiger partial charge in [-0.05, 0) is 42.5 Å². The molecule has 0 spiro atoms. The van der Waals surface area contributed by atoms with Crippen LogP contribution < -0.4 is 10.1 Å². The molecular weight excluding hydrogens is 430 g/mol. The summed E-state index contributed by atoms with van der Waals surface area (Å²) in [7, 11) is 2.73. The highest BCUT2D eigenvalue weighted by molar-refractivity contribution is 6.32. The van der Waals surface area contributed by atoms with Crippen molar-refractivity contribution in [1.82, 2.24) is 5.32 Å². The van der Waals surface area contributed by atoms with E-state index in [4.69, 9.17) is 21.1 Å². The van der Waals surface area contributed by atoms with Crippen molar-refractivity contribution in [3.63, 3.8) is 0 Å². The van der Waals surface area contributed by atoms with E-state index in [0.717, 1.165) is 11.3 Å². The summed E-state index contributed by atoms with van der Waals surface area (Å²) in [5.74, 6) is -1.25. The third-order valence-electron chi connectivity index (χ3n) is 6.11. The maximum absolute atomic E-state index is 13.5. The first-order chi connectivity index (χ1) is 15.3. The molecule has 0 unspecified atom stereocenters. The van der Waals surface area contributed by atoms with Gasteiger partial charge in [-0.25, -0.2) is 4.79 Å². The maximum Gasteiger partial charge on any atom is 0.336 e. The van der Waals surface area contributed by atoms with E-state index in [1.54, 1.807) is 19.1 Å². The lowest BCUT2D eigenvalue weighted by molar-refractivity contribution is -0.136. The fraction of sp³-hybridized carbons (Fsp3) is 0.280. The number of allylic oxidation sites excluding steroid dienone is 3. The van der Waals surface area contributed by atoms with E-state index < -0.39 is 11.9 Å². The van der Waals surface area contributed by atoms with Crippen LogP contribution in [0.5, 0.6) is 11.5 Å². The van der Waals surface area contributed by atoms with Crippen molar-refractivity contribution in [3.05, 3.63) is 81.2 Å². The molecule has 2 N–H and O–H groups in total. The van der Waals surface area contributed by atoms with E-state index in [2.05, 4.69) is 5.32 Å². The number of nitrogens with one attached hydrogen (secondary N) is 1. The Balaban J connectivity index is 1.87. The zero-order valence-corrected chi connectivity index (χ0v) is 18.8. The van der Waals surface area contributed by atoms with Gasteiger partial charge in [0.05, 0.1) is 24.8 Å². The molecule has 1 heterocycles. The molecule has 0 fully saturated rings. The molecule has 2 aromatic carbocycles. The molecule has 0 saturated carbocycles. The summed E-state index contributed by atoms with van der Waals surface area (Å²) >= 11 is 6.25. The van der Waals surface area contributed by atoms with Gasteiger partial charge < -0.3 is 19.9 Å². The lowest BCUT2D eigenvalue weighted by Gasteiger charge is -2.36. The van der Waals surface area contributed by atoms with E-state index in [1.807, 2.05) is 30.3 Å². The van der Waals surface area contributed by atoms with Gasteiger partial charge in [-0.2, -0.15) is 0 Å². The number of rotatable bonds is 4. The van der Waals surface area contributed by atoms with Crippen LogP contribution in [0.15, 0.2) is 65.0 Å². The van der Waals surface area contributed by atoms with Crippen molar-refractivity contribution in [2.45, 2.75) is 31.6 Å². The predicted molar refractivity (Wildman–Crippen MR) is 121 cm³/mol.